The third kappa shape index (κ3) is 4.53. The minimum atomic E-state index is 0.459. The van der Waals surface area contributed by atoms with Gasteiger partial charge in [0.1, 0.15) is 24.5 Å². The molecule has 1 aliphatic heterocycles. The highest BCUT2D eigenvalue weighted by molar-refractivity contribution is 5.27. The fraction of sp³-hybridized carbons (Fsp3) is 0.529. The van der Waals surface area contributed by atoms with Crippen molar-refractivity contribution in [3.05, 3.63) is 42.0 Å². The molecule has 0 radical (unpaired) electrons. The van der Waals surface area contributed by atoms with Crippen molar-refractivity contribution in [2.75, 3.05) is 27.2 Å². The summed E-state index contributed by atoms with van der Waals surface area (Å²) in [5.74, 6) is 2.03. The molecule has 1 aromatic heterocycles. The van der Waals surface area contributed by atoms with Crippen molar-refractivity contribution in [1.82, 2.24) is 25.0 Å². The van der Waals surface area contributed by atoms with Gasteiger partial charge in [-0.15, -0.1) is 0 Å². The summed E-state index contributed by atoms with van der Waals surface area (Å²) in [4.78, 5) is 6.38. The summed E-state index contributed by atoms with van der Waals surface area (Å²) < 4.78 is 7.72. The van der Waals surface area contributed by atoms with Gasteiger partial charge in [0.05, 0.1) is 6.54 Å². The van der Waals surface area contributed by atoms with E-state index in [1.54, 1.807) is 6.33 Å². The molecule has 0 unspecified atom stereocenters. The minimum Gasteiger partial charge on any atom is -0.492 e. The van der Waals surface area contributed by atoms with Crippen LogP contribution in [0.15, 0.2) is 30.6 Å². The van der Waals surface area contributed by atoms with Gasteiger partial charge in [0.2, 0.25) is 0 Å². The number of likely N-dealkylation sites (N-methyl/N-ethyl adjacent to an activating group) is 1. The number of hydrogen-bond donors (Lipinski definition) is 1. The number of nitrogens with zero attached hydrogens (tertiary/aromatic N) is 4. The van der Waals surface area contributed by atoms with Crippen molar-refractivity contribution in [2.24, 2.45) is 0 Å². The van der Waals surface area contributed by atoms with E-state index in [2.05, 4.69) is 32.4 Å². The number of ether oxygens (including phenoxy) is 1. The van der Waals surface area contributed by atoms with Gasteiger partial charge in [-0.2, -0.15) is 5.10 Å². The number of aromatic nitrogens is 3. The molecule has 2 heterocycles. The standard InChI is InChI=1S/C17H25N5O/c1-21(2)9-10-23-16-6-3-14(4-7-16)11-18-15-5-8-17-19-13-20-22(17)12-15/h3-4,6-7,13,15,18H,5,8-12H2,1-2H3/t15-/m0/s1. The van der Waals surface area contributed by atoms with Crippen LogP contribution < -0.4 is 10.1 Å². The molecule has 0 bridgehead atoms. The molecule has 0 aliphatic carbocycles. The summed E-state index contributed by atoms with van der Waals surface area (Å²) >= 11 is 0. The maximum Gasteiger partial charge on any atom is 0.138 e. The van der Waals surface area contributed by atoms with Crippen LogP contribution in [-0.4, -0.2) is 53.0 Å². The second kappa shape index (κ2) is 7.57. The van der Waals surface area contributed by atoms with Crippen molar-refractivity contribution >= 4 is 0 Å². The number of fused-ring (bicyclic) bond motifs is 1. The first-order valence-electron chi connectivity index (χ1n) is 8.17. The van der Waals surface area contributed by atoms with Crippen LogP contribution in [0.3, 0.4) is 0 Å². The van der Waals surface area contributed by atoms with Crippen LogP contribution in [0.4, 0.5) is 0 Å². The smallest absolute Gasteiger partial charge is 0.138 e. The Hall–Kier alpha value is -1.92. The van der Waals surface area contributed by atoms with Gasteiger partial charge in [-0.3, -0.25) is 0 Å². The van der Waals surface area contributed by atoms with E-state index in [-0.39, 0.29) is 0 Å². The van der Waals surface area contributed by atoms with Crippen LogP contribution in [0.1, 0.15) is 17.8 Å². The summed E-state index contributed by atoms with van der Waals surface area (Å²) in [6, 6.07) is 8.80. The number of benzene rings is 1. The minimum absolute atomic E-state index is 0.459. The molecule has 3 rings (SSSR count). The van der Waals surface area contributed by atoms with E-state index in [1.165, 1.54) is 5.56 Å². The van der Waals surface area contributed by atoms with Crippen molar-refractivity contribution in [2.45, 2.75) is 32.0 Å². The quantitative estimate of drug-likeness (QED) is 0.835. The van der Waals surface area contributed by atoms with Gasteiger partial charge in [0, 0.05) is 25.6 Å². The van der Waals surface area contributed by atoms with Gasteiger partial charge in [0.25, 0.3) is 0 Å². The Labute approximate surface area is 137 Å². The topological polar surface area (TPSA) is 55.2 Å². The van der Waals surface area contributed by atoms with E-state index < -0.39 is 0 Å². The van der Waals surface area contributed by atoms with Crippen molar-refractivity contribution in [3.8, 4) is 5.75 Å². The molecule has 1 atom stereocenters. The summed E-state index contributed by atoms with van der Waals surface area (Å²) in [5, 5.41) is 7.87. The van der Waals surface area contributed by atoms with Crippen LogP contribution in [0.25, 0.3) is 0 Å². The maximum absolute atomic E-state index is 5.72. The molecule has 0 fully saturated rings. The molecule has 1 aromatic carbocycles. The molecule has 0 amide bonds. The first kappa shape index (κ1) is 16.0. The Morgan fingerprint density at radius 3 is 2.91 bits per heavy atom. The highest BCUT2D eigenvalue weighted by Crippen LogP contribution is 2.14. The van der Waals surface area contributed by atoms with Gasteiger partial charge in [-0.1, -0.05) is 12.1 Å². The monoisotopic (exact) mass is 315 g/mol. The third-order valence-corrected chi connectivity index (χ3v) is 4.13. The van der Waals surface area contributed by atoms with Crippen LogP contribution in [0.2, 0.25) is 0 Å². The summed E-state index contributed by atoms with van der Waals surface area (Å²) in [7, 11) is 4.09. The summed E-state index contributed by atoms with van der Waals surface area (Å²) in [5.41, 5.74) is 1.27. The van der Waals surface area contributed by atoms with Gasteiger partial charge >= 0.3 is 0 Å². The average Bonchev–Trinajstić information content (AvgIpc) is 3.01. The first-order valence-corrected chi connectivity index (χ1v) is 8.17. The Kier molecular flexibility index (Phi) is 5.25. The van der Waals surface area contributed by atoms with Crippen molar-refractivity contribution < 1.29 is 4.74 Å². The molecular formula is C17H25N5O. The van der Waals surface area contributed by atoms with E-state index in [0.717, 1.165) is 44.0 Å². The highest BCUT2D eigenvalue weighted by atomic mass is 16.5. The molecule has 124 valence electrons. The lowest BCUT2D eigenvalue weighted by molar-refractivity contribution is 0.261. The lowest BCUT2D eigenvalue weighted by Gasteiger charge is -2.23. The molecule has 0 saturated carbocycles. The fourth-order valence-electron chi connectivity index (χ4n) is 2.72. The lowest BCUT2D eigenvalue weighted by atomic mass is 10.1. The molecule has 0 saturated heterocycles. The predicted octanol–water partition coefficient (Wildman–Crippen LogP) is 1.32. The highest BCUT2D eigenvalue weighted by Gasteiger charge is 2.18. The Bertz CT molecular complexity index is 608. The molecule has 1 aliphatic rings. The van der Waals surface area contributed by atoms with Gasteiger partial charge in [0.15, 0.2) is 0 Å². The second-order valence-corrected chi connectivity index (χ2v) is 6.27. The molecule has 2 aromatic rings. The first-order chi connectivity index (χ1) is 11.2. The number of nitrogens with one attached hydrogen (secondary N) is 1. The zero-order valence-electron chi connectivity index (χ0n) is 13.9. The van der Waals surface area contributed by atoms with Gasteiger partial charge in [-0.25, -0.2) is 9.67 Å². The van der Waals surface area contributed by atoms with Gasteiger partial charge in [-0.05, 0) is 38.2 Å². The summed E-state index contributed by atoms with van der Waals surface area (Å²) in [6.07, 6.45) is 3.76. The zero-order valence-corrected chi connectivity index (χ0v) is 13.9. The molecule has 0 spiro atoms. The van der Waals surface area contributed by atoms with E-state index in [4.69, 9.17) is 4.74 Å². The van der Waals surface area contributed by atoms with E-state index in [1.807, 2.05) is 30.9 Å². The predicted molar refractivity (Wildman–Crippen MR) is 89.5 cm³/mol. The number of hydrogen-bond acceptors (Lipinski definition) is 5. The third-order valence-electron chi connectivity index (χ3n) is 4.13. The molecular weight excluding hydrogens is 290 g/mol. The number of aryl methyl sites for hydroxylation is 1. The lowest BCUT2D eigenvalue weighted by Crippen LogP contribution is -2.37. The van der Waals surface area contributed by atoms with E-state index in [9.17, 15) is 0 Å². The molecule has 6 nitrogen and oxygen atoms in total. The second-order valence-electron chi connectivity index (χ2n) is 6.27. The average molecular weight is 315 g/mol. The Balaban J connectivity index is 1.44. The van der Waals surface area contributed by atoms with Crippen LogP contribution in [-0.2, 0) is 19.5 Å². The fourth-order valence-corrected chi connectivity index (χ4v) is 2.72. The Morgan fingerprint density at radius 1 is 1.30 bits per heavy atom. The largest absolute Gasteiger partial charge is 0.492 e. The van der Waals surface area contributed by atoms with Crippen LogP contribution >= 0.6 is 0 Å². The normalized spacial score (nSPS) is 17.3. The van der Waals surface area contributed by atoms with E-state index >= 15 is 0 Å². The van der Waals surface area contributed by atoms with Crippen molar-refractivity contribution in [3.63, 3.8) is 0 Å². The molecule has 6 heteroatoms. The molecule has 23 heavy (non-hydrogen) atoms. The van der Waals surface area contributed by atoms with Crippen LogP contribution in [0, 0.1) is 0 Å². The van der Waals surface area contributed by atoms with Crippen molar-refractivity contribution in [1.29, 1.82) is 0 Å². The van der Waals surface area contributed by atoms with E-state index in [0.29, 0.717) is 12.6 Å². The van der Waals surface area contributed by atoms with Gasteiger partial charge < -0.3 is 15.0 Å². The SMILES string of the molecule is CN(C)CCOc1ccc(CN[C@H]2CCc3ncnn3C2)cc1. The number of rotatable bonds is 7. The zero-order chi connectivity index (χ0) is 16.1. The maximum atomic E-state index is 5.72. The molecule has 1 N–H and O–H groups in total. The van der Waals surface area contributed by atoms with Crippen LogP contribution in [0.5, 0.6) is 5.75 Å². The Morgan fingerprint density at radius 2 is 2.13 bits per heavy atom. The summed E-state index contributed by atoms with van der Waals surface area (Å²) in [6.45, 7) is 3.41.